The minimum Gasteiger partial charge on any atom is -0.496 e. The number of para-hydroxylation sites is 2. The van der Waals surface area contributed by atoms with Gasteiger partial charge in [-0.05, 0) is 48.5 Å². The smallest absolute Gasteiger partial charge is 0.255 e. The lowest BCUT2D eigenvalue weighted by molar-refractivity contribution is 0.102. The van der Waals surface area contributed by atoms with Gasteiger partial charge in [-0.1, -0.05) is 35.3 Å². The molecule has 0 saturated heterocycles. The summed E-state index contributed by atoms with van der Waals surface area (Å²) >= 11 is 12.1. The average molecular weight is 432 g/mol. The van der Waals surface area contributed by atoms with Crippen LogP contribution in [0.15, 0.2) is 60.7 Å². The number of carbonyl (C=O) groups is 1. The number of benzene rings is 3. The summed E-state index contributed by atoms with van der Waals surface area (Å²) in [6.07, 6.45) is 0. The molecule has 0 spiro atoms. The molecule has 29 heavy (non-hydrogen) atoms. The molecule has 5 nitrogen and oxygen atoms in total. The van der Waals surface area contributed by atoms with Crippen molar-refractivity contribution in [3.8, 4) is 17.2 Å². The van der Waals surface area contributed by atoms with Gasteiger partial charge in [0.2, 0.25) is 0 Å². The Hall–Kier alpha value is -2.89. The molecule has 0 atom stereocenters. The molecule has 7 heteroatoms. The summed E-state index contributed by atoms with van der Waals surface area (Å²) < 4.78 is 16.6. The maximum atomic E-state index is 12.7. The number of nitrogens with one attached hydrogen (secondary N) is 1. The largest absolute Gasteiger partial charge is 0.496 e. The molecule has 150 valence electrons. The van der Waals surface area contributed by atoms with Crippen molar-refractivity contribution in [3.05, 3.63) is 81.8 Å². The van der Waals surface area contributed by atoms with Crippen molar-refractivity contribution in [1.29, 1.82) is 0 Å². The SMILES string of the molecule is COc1ccc(C(=O)Nc2cc(Cl)ccc2Cl)cc1COc1ccccc1OC. The molecule has 3 aromatic rings. The van der Waals surface area contributed by atoms with E-state index in [0.29, 0.717) is 44.1 Å². The van der Waals surface area contributed by atoms with Gasteiger partial charge in [0.05, 0.1) is 24.9 Å². The fourth-order valence-corrected chi connectivity index (χ4v) is 3.05. The lowest BCUT2D eigenvalue weighted by Crippen LogP contribution is -2.13. The van der Waals surface area contributed by atoms with Crippen LogP contribution in [0.2, 0.25) is 10.0 Å². The van der Waals surface area contributed by atoms with E-state index in [4.69, 9.17) is 37.4 Å². The van der Waals surface area contributed by atoms with Crippen molar-refractivity contribution >= 4 is 34.8 Å². The van der Waals surface area contributed by atoms with Crippen molar-refractivity contribution in [1.82, 2.24) is 0 Å². The van der Waals surface area contributed by atoms with Crippen LogP contribution >= 0.6 is 23.2 Å². The van der Waals surface area contributed by atoms with Crippen LogP contribution in [0.25, 0.3) is 0 Å². The third-order valence-electron chi connectivity index (χ3n) is 4.17. The Balaban J connectivity index is 1.81. The molecule has 0 aliphatic rings. The lowest BCUT2D eigenvalue weighted by atomic mass is 10.1. The summed E-state index contributed by atoms with van der Waals surface area (Å²) in [4.78, 5) is 12.7. The van der Waals surface area contributed by atoms with E-state index in [9.17, 15) is 4.79 Å². The average Bonchev–Trinajstić information content (AvgIpc) is 2.74. The van der Waals surface area contributed by atoms with Crippen LogP contribution in [-0.2, 0) is 6.61 Å². The second kappa shape index (κ2) is 9.54. The molecule has 0 fully saturated rings. The minimum atomic E-state index is -0.324. The van der Waals surface area contributed by atoms with E-state index in [-0.39, 0.29) is 12.5 Å². The Bertz CT molecular complexity index is 1020. The maximum Gasteiger partial charge on any atom is 0.255 e. The van der Waals surface area contributed by atoms with Crippen molar-refractivity contribution in [2.75, 3.05) is 19.5 Å². The zero-order chi connectivity index (χ0) is 20.8. The molecular weight excluding hydrogens is 413 g/mol. The number of methoxy groups -OCH3 is 2. The number of hydrogen-bond donors (Lipinski definition) is 1. The highest BCUT2D eigenvalue weighted by atomic mass is 35.5. The number of ether oxygens (including phenoxy) is 3. The lowest BCUT2D eigenvalue weighted by Gasteiger charge is -2.14. The third-order valence-corrected chi connectivity index (χ3v) is 4.74. The highest BCUT2D eigenvalue weighted by Gasteiger charge is 2.14. The normalized spacial score (nSPS) is 10.3. The summed E-state index contributed by atoms with van der Waals surface area (Å²) in [5.74, 6) is 1.50. The number of carbonyl (C=O) groups excluding carboxylic acids is 1. The van der Waals surface area contributed by atoms with E-state index >= 15 is 0 Å². The number of anilines is 1. The summed E-state index contributed by atoms with van der Waals surface area (Å²) in [6.45, 7) is 0.197. The molecule has 1 amide bonds. The van der Waals surface area contributed by atoms with Crippen LogP contribution in [0.4, 0.5) is 5.69 Å². The zero-order valence-electron chi connectivity index (χ0n) is 15.9. The molecule has 0 unspecified atom stereocenters. The Morgan fingerprint density at radius 3 is 2.34 bits per heavy atom. The summed E-state index contributed by atoms with van der Waals surface area (Å²) in [5, 5.41) is 3.64. The first kappa shape index (κ1) is 20.8. The van der Waals surface area contributed by atoms with Crippen molar-refractivity contribution < 1.29 is 19.0 Å². The summed E-state index contributed by atoms with van der Waals surface area (Å²) in [6, 6.07) is 17.3. The van der Waals surface area contributed by atoms with Gasteiger partial charge in [0, 0.05) is 16.1 Å². The van der Waals surface area contributed by atoms with Crippen LogP contribution in [0, 0.1) is 0 Å². The van der Waals surface area contributed by atoms with Gasteiger partial charge in [0.1, 0.15) is 12.4 Å². The molecule has 0 radical (unpaired) electrons. The molecule has 0 heterocycles. The first-order valence-electron chi connectivity index (χ1n) is 8.71. The van der Waals surface area contributed by atoms with Crippen LogP contribution in [0.5, 0.6) is 17.2 Å². The fraction of sp³-hybridized carbons (Fsp3) is 0.136. The standard InChI is InChI=1S/C22H19Cl2NO4/c1-27-19-10-7-14(22(26)25-18-12-16(23)8-9-17(18)24)11-15(19)13-29-21-6-4-3-5-20(21)28-2/h3-12H,13H2,1-2H3,(H,25,26). The molecule has 3 rings (SSSR count). The third kappa shape index (κ3) is 5.13. The second-order valence-electron chi connectivity index (χ2n) is 6.04. The quantitative estimate of drug-likeness (QED) is 0.510. The van der Waals surface area contributed by atoms with Gasteiger partial charge in [-0.2, -0.15) is 0 Å². The van der Waals surface area contributed by atoms with E-state index in [2.05, 4.69) is 5.32 Å². The van der Waals surface area contributed by atoms with Crippen LogP contribution < -0.4 is 19.5 Å². The Labute approximate surface area is 179 Å². The number of halogens is 2. The van der Waals surface area contributed by atoms with Crippen molar-refractivity contribution in [2.24, 2.45) is 0 Å². The van der Waals surface area contributed by atoms with Gasteiger partial charge in [0.25, 0.3) is 5.91 Å². The zero-order valence-corrected chi connectivity index (χ0v) is 17.4. The van der Waals surface area contributed by atoms with E-state index in [1.165, 1.54) is 0 Å². The number of amides is 1. The van der Waals surface area contributed by atoms with Gasteiger partial charge in [-0.3, -0.25) is 4.79 Å². The van der Waals surface area contributed by atoms with Gasteiger partial charge >= 0.3 is 0 Å². The molecule has 0 aromatic heterocycles. The Kier molecular flexibility index (Phi) is 6.86. The van der Waals surface area contributed by atoms with Gasteiger partial charge in [0.15, 0.2) is 11.5 Å². The highest BCUT2D eigenvalue weighted by Crippen LogP contribution is 2.29. The maximum absolute atomic E-state index is 12.7. The first-order valence-corrected chi connectivity index (χ1v) is 9.46. The second-order valence-corrected chi connectivity index (χ2v) is 6.89. The van der Waals surface area contributed by atoms with Gasteiger partial charge in [-0.15, -0.1) is 0 Å². The van der Waals surface area contributed by atoms with Gasteiger partial charge in [-0.25, -0.2) is 0 Å². The predicted molar refractivity (Wildman–Crippen MR) is 115 cm³/mol. The van der Waals surface area contributed by atoms with Crippen LogP contribution in [0.3, 0.4) is 0 Å². The predicted octanol–water partition coefficient (Wildman–Crippen LogP) is 5.84. The highest BCUT2D eigenvalue weighted by molar-refractivity contribution is 6.35. The molecule has 3 aromatic carbocycles. The van der Waals surface area contributed by atoms with Gasteiger partial charge < -0.3 is 19.5 Å². The van der Waals surface area contributed by atoms with E-state index < -0.39 is 0 Å². The van der Waals surface area contributed by atoms with Crippen LogP contribution in [-0.4, -0.2) is 20.1 Å². The molecule has 1 N–H and O–H groups in total. The molecule has 0 saturated carbocycles. The molecule has 0 aliphatic heterocycles. The summed E-state index contributed by atoms with van der Waals surface area (Å²) in [5.41, 5.74) is 1.58. The minimum absolute atomic E-state index is 0.197. The topological polar surface area (TPSA) is 56.8 Å². The molecule has 0 bridgehead atoms. The number of rotatable bonds is 7. The van der Waals surface area contributed by atoms with Crippen LogP contribution in [0.1, 0.15) is 15.9 Å². The van der Waals surface area contributed by atoms with Crippen molar-refractivity contribution in [3.63, 3.8) is 0 Å². The Morgan fingerprint density at radius 1 is 0.897 bits per heavy atom. The Morgan fingerprint density at radius 2 is 1.62 bits per heavy atom. The molecular formula is C22H19Cl2NO4. The fourth-order valence-electron chi connectivity index (χ4n) is 2.71. The summed E-state index contributed by atoms with van der Waals surface area (Å²) in [7, 11) is 3.14. The monoisotopic (exact) mass is 431 g/mol. The van der Waals surface area contributed by atoms with E-state index in [1.54, 1.807) is 50.6 Å². The molecule has 0 aliphatic carbocycles. The number of hydrogen-bond acceptors (Lipinski definition) is 4. The first-order chi connectivity index (χ1) is 14.0. The van der Waals surface area contributed by atoms with E-state index in [0.717, 1.165) is 0 Å². The van der Waals surface area contributed by atoms with E-state index in [1.807, 2.05) is 24.3 Å². The van der Waals surface area contributed by atoms with Crippen molar-refractivity contribution in [2.45, 2.75) is 6.61 Å².